The summed E-state index contributed by atoms with van der Waals surface area (Å²) < 4.78 is 1.17. The van der Waals surface area contributed by atoms with E-state index in [1.807, 2.05) is 0 Å². The molecule has 0 aromatic carbocycles. The van der Waals surface area contributed by atoms with Gasteiger partial charge in [0.05, 0.1) is 9.83 Å². The topological polar surface area (TPSA) is 32.5 Å². The summed E-state index contributed by atoms with van der Waals surface area (Å²) in [4.78, 5) is 5.84. The Balaban J connectivity index is 2.59. The highest BCUT2D eigenvalue weighted by Crippen LogP contribution is 2.29. The van der Waals surface area contributed by atoms with Gasteiger partial charge >= 0.3 is 0 Å². The zero-order valence-electron chi connectivity index (χ0n) is 10.1. The molecule has 0 radical (unpaired) electrons. The van der Waals surface area contributed by atoms with E-state index in [-0.39, 0.29) is 0 Å². The van der Waals surface area contributed by atoms with Crippen molar-refractivity contribution in [3.05, 3.63) is 20.8 Å². The molecule has 0 aliphatic carbocycles. The van der Waals surface area contributed by atoms with Crippen LogP contribution in [0.2, 0.25) is 0 Å². The minimum absolute atomic E-state index is 0.330. The van der Waals surface area contributed by atoms with Crippen LogP contribution in [0, 0.1) is 0 Å². The second-order valence-electron chi connectivity index (χ2n) is 4.18. The fraction of sp³-hybridized carbons (Fsp3) is 0.636. The van der Waals surface area contributed by atoms with Gasteiger partial charge in [-0.2, -0.15) is 0 Å². The molecule has 0 bridgehead atoms. The van der Waals surface area contributed by atoms with E-state index >= 15 is 0 Å². The third-order valence-corrected chi connectivity index (χ3v) is 4.30. The van der Waals surface area contributed by atoms with Crippen molar-refractivity contribution in [3.8, 4) is 0 Å². The van der Waals surface area contributed by atoms with Crippen LogP contribution in [-0.2, 0) is 0 Å². The summed E-state index contributed by atoms with van der Waals surface area (Å²) >= 11 is 5.26. The number of hydrogen-bond donors (Lipinski definition) is 1. The first-order chi connectivity index (χ1) is 7.54. The molecule has 0 saturated heterocycles. The number of nitrogens with zero attached hydrogens (tertiary/aromatic N) is 2. The lowest BCUT2D eigenvalue weighted by Crippen LogP contribution is -2.35. The van der Waals surface area contributed by atoms with Crippen molar-refractivity contribution in [2.24, 2.45) is 5.73 Å². The van der Waals surface area contributed by atoms with Gasteiger partial charge < -0.3 is 10.6 Å². The average Bonchev–Trinajstić information content (AvgIpc) is 2.63. The molecule has 0 aliphatic heterocycles. The predicted molar refractivity (Wildman–Crippen MR) is 75.0 cm³/mol. The fourth-order valence-electron chi connectivity index (χ4n) is 1.53. The van der Waals surface area contributed by atoms with Crippen molar-refractivity contribution >= 4 is 27.3 Å². The Morgan fingerprint density at radius 2 is 2.00 bits per heavy atom. The van der Waals surface area contributed by atoms with Crippen molar-refractivity contribution in [2.75, 3.05) is 40.8 Å². The monoisotopic (exact) mass is 305 g/mol. The Hall–Kier alpha value is 0.0600. The Morgan fingerprint density at radius 3 is 2.44 bits per heavy atom. The summed E-state index contributed by atoms with van der Waals surface area (Å²) in [5, 5.41) is 0. The molecule has 1 atom stereocenters. The third kappa shape index (κ3) is 4.14. The van der Waals surface area contributed by atoms with Crippen LogP contribution < -0.4 is 5.73 Å². The van der Waals surface area contributed by atoms with Gasteiger partial charge in [0.2, 0.25) is 0 Å². The van der Waals surface area contributed by atoms with E-state index in [2.05, 4.69) is 59.0 Å². The molecule has 1 aromatic rings. The van der Waals surface area contributed by atoms with E-state index < -0.39 is 0 Å². The van der Waals surface area contributed by atoms with E-state index in [4.69, 9.17) is 5.73 Å². The molecule has 92 valence electrons. The number of nitrogens with two attached hydrogens (primary N) is 1. The highest BCUT2D eigenvalue weighted by molar-refractivity contribution is 9.11. The molecular weight excluding hydrogens is 286 g/mol. The van der Waals surface area contributed by atoms with Crippen molar-refractivity contribution in [1.29, 1.82) is 0 Å². The van der Waals surface area contributed by atoms with Crippen molar-refractivity contribution in [2.45, 2.75) is 6.04 Å². The SMILES string of the molecule is CN(C)CCN(C)C(CN)c1ccc(Br)s1. The van der Waals surface area contributed by atoms with Crippen LogP contribution in [0.15, 0.2) is 15.9 Å². The van der Waals surface area contributed by atoms with E-state index in [9.17, 15) is 0 Å². The molecule has 2 N–H and O–H groups in total. The Morgan fingerprint density at radius 1 is 1.31 bits per heavy atom. The average molecular weight is 306 g/mol. The molecule has 16 heavy (non-hydrogen) atoms. The quantitative estimate of drug-likeness (QED) is 0.872. The van der Waals surface area contributed by atoms with Gasteiger partial charge in [-0.3, -0.25) is 4.90 Å². The molecule has 0 spiro atoms. The van der Waals surface area contributed by atoms with Crippen LogP contribution in [0.25, 0.3) is 0 Å². The van der Waals surface area contributed by atoms with E-state index in [0.717, 1.165) is 13.1 Å². The summed E-state index contributed by atoms with van der Waals surface area (Å²) in [5.74, 6) is 0. The molecule has 3 nitrogen and oxygen atoms in total. The highest BCUT2D eigenvalue weighted by atomic mass is 79.9. The first kappa shape index (κ1) is 14.1. The minimum Gasteiger partial charge on any atom is -0.329 e. The molecule has 5 heteroatoms. The molecule has 1 heterocycles. The Bertz CT molecular complexity index is 314. The molecular formula is C11H20BrN3S. The summed E-state index contributed by atoms with van der Waals surface area (Å²) in [6.07, 6.45) is 0. The smallest absolute Gasteiger partial charge is 0.0702 e. The summed E-state index contributed by atoms with van der Waals surface area (Å²) in [6.45, 7) is 2.75. The Kier molecular flexibility index (Phi) is 5.92. The van der Waals surface area contributed by atoms with Gasteiger partial charge in [0, 0.05) is 24.5 Å². The van der Waals surface area contributed by atoms with E-state index in [1.54, 1.807) is 11.3 Å². The first-order valence-electron chi connectivity index (χ1n) is 5.35. The lowest BCUT2D eigenvalue weighted by Gasteiger charge is -2.27. The predicted octanol–water partition coefficient (Wildman–Crippen LogP) is 2.00. The van der Waals surface area contributed by atoms with Crippen molar-refractivity contribution in [1.82, 2.24) is 9.80 Å². The van der Waals surface area contributed by atoms with Crippen LogP contribution in [0.5, 0.6) is 0 Å². The molecule has 1 aromatic heterocycles. The zero-order valence-corrected chi connectivity index (χ0v) is 12.5. The third-order valence-electron chi connectivity index (χ3n) is 2.58. The number of likely N-dealkylation sites (N-methyl/N-ethyl adjacent to an activating group) is 2. The summed E-state index contributed by atoms with van der Waals surface area (Å²) in [6, 6.07) is 4.57. The van der Waals surface area contributed by atoms with Gasteiger partial charge in [0.25, 0.3) is 0 Å². The van der Waals surface area contributed by atoms with Crippen molar-refractivity contribution < 1.29 is 0 Å². The maximum atomic E-state index is 5.86. The number of halogens is 1. The first-order valence-corrected chi connectivity index (χ1v) is 6.95. The normalized spacial score (nSPS) is 13.7. The van der Waals surface area contributed by atoms with Crippen LogP contribution in [0.1, 0.15) is 10.9 Å². The molecule has 0 fully saturated rings. The Labute approximate surface area is 110 Å². The second-order valence-corrected chi connectivity index (χ2v) is 6.67. The molecule has 0 saturated carbocycles. The van der Waals surface area contributed by atoms with E-state index in [1.165, 1.54) is 8.66 Å². The minimum atomic E-state index is 0.330. The molecule has 0 amide bonds. The summed E-state index contributed by atoms with van der Waals surface area (Å²) in [7, 11) is 6.31. The van der Waals surface area contributed by atoms with Gasteiger partial charge in [-0.15, -0.1) is 11.3 Å². The van der Waals surface area contributed by atoms with Gasteiger partial charge in [0.15, 0.2) is 0 Å². The second kappa shape index (κ2) is 6.71. The van der Waals surface area contributed by atoms with E-state index in [0.29, 0.717) is 12.6 Å². The number of hydrogen-bond acceptors (Lipinski definition) is 4. The fourth-order valence-corrected chi connectivity index (χ4v) is 3.14. The van der Waals surface area contributed by atoms with Gasteiger partial charge in [0.1, 0.15) is 0 Å². The lowest BCUT2D eigenvalue weighted by atomic mass is 10.2. The van der Waals surface area contributed by atoms with Crippen LogP contribution in [0.4, 0.5) is 0 Å². The van der Waals surface area contributed by atoms with Gasteiger partial charge in [-0.1, -0.05) is 0 Å². The molecule has 1 unspecified atom stereocenters. The van der Waals surface area contributed by atoms with Gasteiger partial charge in [-0.25, -0.2) is 0 Å². The molecule has 0 aliphatic rings. The summed E-state index contributed by atoms with van der Waals surface area (Å²) in [5.41, 5.74) is 5.86. The lowest BCUT2D eigenvalue weighted by molar-refractivity contribution is 0.225. The highest BCUT2D eigenvalue weighted by Gasteiger charge is 2.16. The zero-order chi connectivity index (χ0) is 12.1. The van der Waals surface area contributed by atoms with Gasteiger partial charge in [-0.05, 0) is 49.2 Å². The van der Waals surface area contributed by atoms with Crippen LogP contribution in [-0.4, -0.2) is 50.6 Å². The van der Waals surface area contributed by atoms with Crippen molar-refractivity contribution in [3.63, 3.8) is 0 Å². The number of thiophene rings is 1. The van der Waals surface area contributed by atoms with Crippen LogP contribution >= 0.6 is 27.3 Å². The number of rotatable bonds is 6. The van der Waals surface area contributed by atoms with Crippen LogP contribution in [0.3, 0.4) is 0 Å². The standard InChI is InChI=1S/C11H20BrN3S/c1-14(2)6-7-15(3)9(8-13)10-4-5-11(12)16-10/h4-5,9H,6-8,13H2,1-3H3. The molecule has 1 rings (SSSR count). The largest absolute Gasteiger partial charge is 0.329 e. The maximum Gasteiger partial charge on any atom is 0.0702 e. The maximum absolute atomic E-state index is 5.86.